The second-order valence-electron chi connectivity index (χ2n) is 6.91. The molecule has 2 aromatic carbocycles. The van der Waals surface area contributed by atoms with Crippen molar-refractivity contribution in [2.24, 2.45) is 0 Å². The van der Waals surface area contributed by atoms with Crippen LogP contribution in [0.3, 0.4) is 0 Å². The number of hydrogen-bond acceptors (Lipinski definition) is 4. The van der Waals surface area contributed by atoms with E-state index in [1.165, 1.54) is 23.9 Å². The number of benzene rings is 2. The summed E-state index contributed by atoms with van der Waals surface area (Å²) in [5.41, 5.74) is 3.81. The van der Waals surface area contributed by atoms with E-state index in [2.05, 4.69) is 5.10 Å². The Hall–Kier alpha value is -2.93. The topological polar surface area (TPSA) is 52.7 Å². The minimum absolute atomic E-state index is 0.162. The fourth-order valence-electron chi connectivity index (χ4n) is 3.09. The molecule has 5 nitrogen and oxygen atoms in total. The highest BCUT2D eigenvalue weighted by Gasteiger charge is 2.15. The highest BCUT2D eigenvalue weighted by Crippen LogP contribution is 2.23. The van der Waals surface area contributed by atoms with Gasteiger partial charge in [-0.15, -0.1) is 0 Å². The van der Waals surface area contributed by atoms with Crippen LogP contribution < -0.4 is 5.56 Å². The lowest BCUT2D eigenvalue weighted by atomic mass is 10.1. The third-order valence-corrected chi connectivity index (χ3v) is 5.73. The van der Waals surface area contributed by atoms with E-state index in [1.54, 1.807) is 21.5 Å². The number of thioether (sulfide) groups is 1. The van der Waals surface area contributed by atoms with Crippen LogP contribution in [0.15, 0.2) is 64.7 Å². The van der Waals surface area contributed by atoms with E-state index in [9.17, 15) is 9.18 Å². The molecule has 0 unspecified atom stereocenters. The van der Waals surface area contributed by atoms with Gasteiger partial charge in [0.25, 0.3) is 5.56 Å². The van der Waals surface area contributed by atoms with Crippen LogP contribution >= 0.6 is 11.8 Å². The summed E-state index contributed by atoms with van der Waals surface area (Å²) >= 11 is 1.43. The molecular weight excluding hydrogens is 387 g/mol. The van der Waals surface area contributed by atoms with Crippen molar-refractivity contribution < 1.29 is 4.39 Å². The maximum Gasteiger partial charge on any atom is 0.282 e. The molecule has 0 fully saturated rings. The van der Waals surface area contributed by atoms with Gasteiger partial charge in [-0.3, -0.25) is 14.0 Å². The molecule has 4 aromatic rings. The smallest absolute Gasteiger partial charge is 0.281 e. The summed E-state index contributed by atoms with van der Waals surface area (Å²) in [5.74, 6) is 0.249. The minimum atomic E-state index is -0.271. The van der Waals surface area contributed by atoms with Crippen molar-refractivity contribution in [1.82, 2.24) is 19.3 Å². The maximum absolute atomic E-state index is 13.5. The summed E-state index contributed by atoms with van der Waals surface area (Å²) < 4.78 is 16.9. The normalized spacial score (nSPS) is 11.3. The van der Waals surface area contributed by atoms with Gasteiger partial charge in [0.05, 0.1) is 12.7 Å². The van der Waals surface area contributed by atoms with Gasteiger partial charge in [0.15, 0.2) is 10.7 Å². The lowest BCUT2D eigenvalue weighted by Crippen LogP contribution is -2.24. The molecule has 29 heavy (non-hydrogen) atoms. The number of hydrogen-bond donors (Lipinski definition) is 0. The molecule has 2 heterocycles. The Balaban J connectivity index is 1.75. The summed E-state index contributed by atoms with van der Waals surface area (Å²) in [6.45, 7) is 5.07. The molecule has 0 aliphatic heterocycles. The number of fused-ring (bicyclic) bond motifs is 1. The average Bonchev–Trinajstić information content (AvgIpc) is 3.14. The Morgan fingerprint density at radius 2 is 1.90 bits per heavy atom. The summed E-state index contributed by atoms with van der Waals surface area (Å²) in [5, 5.41) is 4.98. The fourth-order valence-corrected chi connectivity index (χ4v) is 4.03. The SMILES string of the molecule is CCn1cc2nc(SCc3cccc(F)c3)n(Cc3ccc(C)cc3)c(=O)c2n1. The summed E-state index contributed by atoms with van der Waals surface area (Å²) in [7, 11) is 0. The molecule has 2 aromatic heterocycles. The summed E-state index contributed by atoms with van der Waals surface area (Å²) in [6.07, 6.45) is 1.79. The molecule has 0 saturated carbocycles. The average molecular weight is 409 g/mol. The second kappa shape index (κ2) is 8.21. The molecule has 0 spiro atoms. The number of halogens is 1. The highest BCUT2D eigenvalue weighted by molar-refractivity contribution is 7.98. The maximum atomic E-state index is 13.5. The molecule has 4 rings (SSSR count). The fraction of sp³-hybridized carbons (Fsp3) is 0.227. The molecule has 148 valence electrons. The van der Waals surface area contributed by atoms with E-state index in [4.69, 9.17) is 4.98 Å². The first-order valence-electron chi connectivity index (χ1n) is 9.44. The van der Waals surface area contributed by atoms with E-state index < -0.39 is 0 Å². The molecule has 0 bridgehead atoms. The van der Waals surface area contributed by atoms with Gasteiger partial charge in [0, 0.05) is 12.3 Å². The van der Waals surface area contributed by atoms with E-state index in [0.29, 0.717) is 35.0 Å². The molecule has 0 saturated heterocycles. The van der Waals surface area contributed by atoms with Crippen LogP contribution in [0.5, 0.6) is 0 Å². The van der Waals surface area contributed by atoms with Crippen LogP contribution in [0.2, 0.25) is 0 Å². The van der Waals surface area contributed by atoms with Crippen LogP contribution in [0.25, 0.3) is 11.0 Å². The largest absolute Gasteiger partial charge is 0.282 e. The number of aromatic nitrogens is 4. The lowest BCUT2D eigenvalue weighted by Gasteiger charge is -2.12. The zero-order chi connectivity index (χ0) is 20.4. The third-order valence-electron chi connectivity index (χ3n) is 4.68. The molecule has 0 atom stereocenters. The van der Waals surface area contributed by atoms with E-state index in [0.717, 1.165) is 16.7 Å². The van der Waals surface area contributed by atoms with Gasteiger partial charge >= 0.3 is 0 Å². The van der Waals surface area contributed by atoms with Crippen molar-refractivity contribution in [1.29, 1.82) is 0 Å². The first-order chi connectivity index (χ1) is 14.0. The van der Waals surface area contributed by atoms with Crippen LogP contribution in [0.4, 0.5) is 4.39 Å². The Bertz CT molecular complexity index is 1210. The van der Waals surface area contributed by atoms with Gasteiger partial charge in [-0.25, -0.2) is 9.37 Å². The van der Waals surface area contributed by atoms with Crippen LogP contribution in [0.1, 0.15) is 23.6 Å². The number of rotatable bonds is 6. The highest BCUT2D eigenvalue weighted by atomic mass is 32.2. The van der Waals surface area contributed by atoms with E-state index in [-0.39, 0.29) is 11.4 Å². The van der Waals surface area contributed by atoms with Crippen molar-refractivity contribution in [2.75, 3.05) is 0 Å². The number of nitrogens with zero attached hydrogens (tertiary/aromatic N) is 4. The standard InChI is InChI=1S/C22H21FN4OS/c1-3-26-13-19-20(25-26)21(28)27(12-16-9-7-15(2)8-10-16)22(24-19)29-14-17-5-4-6-18(23)11-17/h4-11,13H,3,12,14H2,1-2H3. The van der Waals surface area contributed by atoms with Gasteiger partial charge in [0.2, 0.25) is 0 Å². The van der Waals surface area contributed by atoms with Crippen molar-refractivity contribution in [3.05, 3.63) is 87.6 Å². The summed E-state index contributed by atoms with van der Waals surface area (Å²) in [6, 6.07) is 14.6. The molecule has 0 N–H and O–H groups in total. The zero-order valence-electron chi connectivity index (χ0n) is 16.3. The quantitative estimate of drug-likeness (QED) is 0.350. The minimum Gasteiger partial charge on any atom is -0.281 e. The Morgan fingerprint density at radius 1 is 1.10 bits per heavy atom. The van der Waals surface area contributed by atoms with Crippen LogP contribution in [-0.2, 0) is 18.8 Å². The Kier molecular flexibility index (Phi) is 5.49. The second-order valence-corrected chi connectivity index (χ2v) is 7.85. The van der Waals surface area contributed by atoms with Crippen molar-refractivity contribution in [3.63, 3.8) is 0 Å². The van der Waals surface area contributed by atoms with Crippen LogP contribution in [0, 0.1) is 12.7 Å². The Labute approximate surface area is 172 Å². The molecular formula is C22H21FN4OS. The van der Waals surface area contributed by atoms with Gasteiger partial charge in [0.1, 0.15) is 11.3 Å². The summed E-state index contributed by atoms with van der Waals surface area (Å²) in [4.78, 5) is 17.9. The van der Waals surface area contributed by atoms with E-state index in [1.807, 2.05) is 44.2 Å². The van der Waals surface area contributed by atoms with Crippen molar-refractivity contribution in [2.45, 2.75) is 37.8 Å². The lowest BCUT2D eigenvalue weighted by molar-refractivity contribution is 0.626. The van der Waals surface area contributed by atoms with Gasteiger partial charge in [-0.2, -0.15) is 5.10 Å². The molecule has 7 heteroatoms. The van der Waals surface area contributed by atoms with Gasteiger partial charge in [-0.05, 0) is 37.1 Å². The zero-order valence-corrected chi connectivity index (χ0v) is 17.1. The first-order valence-corrected chi connectivity index (χ1v) is 10.4. The van der Waals surface area contributed by atoms with Gasteiger partial charge < -0.3 is 0 Å². The molecule has 0 radical (unpaired) electrons. The van der Waals surface area contributed by atoms with Crippen molar-refractivity contribution in [3.8, 4) is 0 Å². The number of aryl methyl sites for hydroxylation is 2. The Morgan fingerprint density at radius 3 is 2.62 bits per heavy atom. The predicted octanol–water partition coefficient (Wildman–Crippen LogP) is 4.40. The first kappa shape index (κ1) is 19.4. The van der Waals surface area contributed by atoms with E-state index >= 15 is 0 Å². The van der Waals surface area contributed by atoms with Gasteiger partial charge in [-0.1, -0.05) is 53.7 Å². The van der Waals surface area contributed by atoms with Crippen LogP contribution in [-0.4, -0.2) is 19.3 Å². The molecule has 0 aliphatic rings. The monoisotopic (exact) mass is 408 g/mol. The van der Waals surface area contributed by atoms with Crippen molar-refractivity contribution >= 4 is 22.8 Å². The predicted molar refractivity (Wildman–Crippen MR) is 114 cm³/mol. The molecule has 0 aliphatic carbocycles. The third kappa shape index (κ3) is 4.24. The molecule has 0 amide bonds.